The van der Waals surface area contributed by atoms with Gasteiger partial charge >= 0.3 is 0 Å². The highest BCUT2D eigenvalue weighted by Crippen LogP contribution is 2.35. The highest BCUT2D eigenvalue weighted by atomic mass is 15.2. The molecule has 0 bridgehead atoms. The van der Waals surface area contributed by atoms with Crippen LogP contribution in [0.15, 0.2) is 0 Å². The second-order valence-corrected chi connectivity index (χ2v) is 5.72. The molecule has 2 heterocycles. The molecule has 2 aliphatic heterocycles. The van der Waals surface area contributed by atoms with Gasteiger partial charge in [-0.05, 0) is 44.7 Å². The van der Waals surface area contributed by atoms with Crippen molar-refractivity contribution in [3.8, 4) is 0 Å². The standard InChI is InChI=1S/C14H28N2/c1-4-6-7-13(5-2)16-10-12-8-15-9-14(12)11(16)3/h11-15H,4-10H2,1-3H3. The molecule has 2 heteroatoms. The number of hydrogen-bond donors (Lipinski definition) is 1. The highest BCUT2D eigenvalue weighted by molar-refractivity contribution is 4.98. The van der Waals surface area contributed by atoms with Crippen LogP contribution in [0.25, 0.3) is 0 Å². The van der Waals surface area contributed by atoms with E-state index in [0.717, 1.165) is 23.9 Å². The maximum atomic E-state index is 3.55. The monoisotopic (exact) mass is 224 g/mol. The van der Waals surface area contributed by atoms with Gasteiger partial charge in [-0.3, -0.25) is 4.90 Å². The Labute approximate surface area is 101 Å². The predicted molar refractivity (Wildman–Crippen MR) is 69.6 cm³/mol. The highest BCUT2D eigenvalue weighted by Gasteiger charge is 2.43. The second kappa shape index (κ2) is 5.50. The topological polar surface area (TPSA) is 15.3 Å². The molecule has 2 saturated heterocycles. The van der Waals surface area contributed by atoms with Gasteiger partial charge in [0, 0.05) is 18.6 Å². The van der Waals surface area contributed by atoms with E-state index in [-0.39, 0.29) is 0 Å². The van der Waals surface area contributed by atoms with Crippen molar-refractivity contribution in [2.75, 3.05) is 19.6 Å². The van der Waals surface area contributed by atoms with Gasteiger partial charge in [0.2, 0.25) is 0 Å². The van der Waals surface area contributed by atoms with Gasteiger partial charge in [-0.2, -0.15) is 0 Å². The Morgan fingerprint density at radius 1 is 1.31 bits per heavy atom. The van der Waals surface area contributed by atoms with Crippen LogP contribution in [0.1, 0.15) is 46.5 Å². The van der Waals surface area contributed by atoms with Crippen LogP contribution in [0, 0.1) is 11.8 Å². The summed E-state index contributed by atoms with van der Waals surface area (Å²) in [7, 11) is 0. The van der Waals surface area contributed by atoms with Gasteiger partial charge in [0.15, 0.2) is 0 Å². The Bertz CT molecular complexity index is 217. The fourth-order valence-electron chi connectivity index (χ4n) is 3.73. The minimum Gasteiger partial charge on any atom is -0.316 e. The number of likely N-dealkylation sites (tertiary alicyclic amines) is 1. The van der Waals surface area contributed by atoms with Gasteiger partial charge in [0.1, 0.15) is 0 Å². The van der Waals surface area contributed by atoms with Crippen LogP contribution >= 0.6 is 0 Å². The summed E-state index contributed by atoms with van der Waals surface area (Å²) >= 11 is 0. The summed E-state index contributed by atoms with van der Waals surface area (Å²) in [5.41, 5.74) is 0. The minimum absolute atomic E-state index is 0.807. The first kappa shape index (κ1) is 12.4. The third-order valence-corrected chi connectivity index (χ3v) is 4.81. The van der Waals surface area contributed by atoms with Gasteiger partial charge in [0.25, 0.3) is 0 Å². The van der Waals surface area contributed by atoms with Gasteiger partial charge in [-0.15, -0.1) is 0 Å². The van der Waals surface area contributed by atoms with Crippen LogP contribution in [0.2, 0.25) is 0 Å². The van der Waals surface area contributed by atoms with Crippen LogP contribution in [0.3, 0.4) is 0 Å². The number of unbranched alkanes of at least 4 members (excludes halogenated alkanes) is 1. The van der Waals surface area contributed by atoms with Crippen LogP contribution in [-0.2, 0) is 0 Å². The molecule has 0 amide bonds. The van der Waals surface area contributed by atoms with Crippen LogP contribution in [0.4, 0.5) is 0 Å². The lowest BCUT2D eigenvalue weighted by molar-refractivity contribution is 0.155. The molecule has 0 spiro atoms. The van der Waals surface area contributed by atoms with Crippen molar-refractivity contribution in [1.82, 2.24) is 10.2 Å². The quantitative estimate of drug-likeness (QED) is 0.772. The van der Waals surface area contributed by atoms with Gasteiger partial charge in [-0.1, -0.05) is 26.7 Å². The SMILES string of the molecule is CCCCC(CC)N1CC2CNCC2C1C. The second-order valence-electron chi connectivity index (χ2n) is 5.72. The Kier molecular flexibility index (Phi) is 4.26. The Hall–Kier alpha value is -0.0800. The van der Waals surface area contributed by atoms with E-state index in [9.17, 15) is 0 Å². The zero-order valence-electron chi connectivity index (χ0n) is 11.2. The van der Waals surface area contributed by atoms with E-state index < -0.39 is 0 Å². The van der Waals surface area contributed by atoms with Gasteiger partial charge in [0.05, 0.1) is 0 Å². The van der Waals surface area contributed by atoms with Crippen LogP contribution < -0.4 is 5.32 Å². The van der Waals surface area contributed by atoms with Crippen molar-refractivity contribution >= 4 is 0 Å². The van der Waals surface area contributed by atoms with E-state index in [1.807, 2.05) is 0 Å². The fraction of sp³-hybridized carbons (Fsp3) is 1.00. The molecule has 4 unspecified atom stereocenters. The lowest BCUT2D eigenvalue weighted by Gasteiger charge is -2.32. The summed E-state index contributed by atoms with van der Waals surface area (Å²) in [6.07, 6.45) is 5.48. The molecule has 94 valence electrons. The fourth-order valence-corrected chi connectivity index (χ4v) is 3.73. The molecule has 4 atom stereocenters. The van der Waals surface area contributed by atoms with E-state index in [0.29, 0.717) is 0 Å². The summed E-state index contributed by atoms with van der Waals surface area (Å²) in [5, 5.41) is 3.55. The van der Waals surface area contributed by atoms with E-state index >= 15 is 0 Å². The molecular weight excluding hydrogens is 196 g/mol. The van der Waals surface area contributed by atoms with Crippen molar-refractivity contribution < 1.29 is 0 Å². The molecule has 0 radical (unpaired) electrons. The largest absolute Gasteiger partial charge is 0.316 e. The molecule has 2 fully saturated rings. The molecule has 0 aliphatic carbocycles. The van der Waals surface area contributed by atoms with Gasteiger partial charge < -0.3 is 5.32 Å². The maximum Gasteiger partial charge on any atom is 0.0114 e. The predicted octanol–water partition coefficient (Wildman–Crippen LogP) is 2.49. The average Bonchev–Trinajstić information content (AvgIpc) is 2.85. The van der Waals surface area contributed by atoms with Crippen LogP contribution in [-0.4, -0.2) is 36.6 Å². The molecule has 2 rings (SSSR count). The molecule has 0 aromatic heterocycles. The molecule has 1 N–H and O–H groups in total. The molecular formula is C14H28N2. The zero-order chi connectivity index (χ0) is 11.5. The van der Waals surface area contributed by atoms with Crippen molar-refractivity contribution in [2.45, 2.75) is 58.5 Å². The lowest BCUT2D eigenvalue weighted by atomic mass is 9.95. The number of fused-ring (bicyclic) bond motifs is 1. The molecule has 2 aliphatic rings. The molecule has 0 aromatic rings. The molecule has 16 heavy (non-hydrogen) atoms. The average molecular weight is 224 g/mol. The Morgan fingerprint density at radius 2 is 2.12 bits per heavy atom. The number of hydrogen-bond acceptors (Lipinski definition) is 2. The molecule has 0 saturated carbocycles. The van der Waals surface area contributed by atoms with E-state index in [4.69, 9.17) is 0 Å². The first-order chi connectivity index (χ1) is 7.77. The Morgan fingerprint density at radius 3 is 2.75 bits per heavy atom. The van der Waals surface area contributed by atoms with Crippen molar-refractivity contribution in [3.63, 3.8) is 0 Å². The first-order valence-corrected chi connectivity index (χ1v) is 7.24. The number of nitrogens with zero attached hydrogens (tertiary/aromatic N) is 1. The maximum absolute atomic E-state index is 3.55. The molecule has 0 aromatic carbocycles. The molecule has 2 nitrogen and oxygen atoms in total. The smallest absolute Gasteiger partial charge is 0.0114 e. The Balaban J connectivity index is 1.93. The van der Waals surface area contributed by atoms with E-state index in [1.165, 1.54) is 45.3 Å². The van der Waals surface area contributed by atoms with Crippen LogP contribution in [0.5, 0.6) is 0 Å². The minimum atomic E-state index is 0.807. The normalized spacial score (nSPS) is 36.6. The summed E-state index contributed by atoms with van der Waals surface area (Å²) in [6, 6.07) is 1.65. The van der Waals surface area contributed by atoms with Crippen molar-refractivity contribution in [2.24, 2.45) is 11.8 Å². The van der Waals surface area contributed by atoms with E-state index in [2.05, 4.69) is 31.0 Å². The summed E-state index contributed by atoms with van der Waals surface area (Å²) < 4.78 is 0. The third-order valence-electron chi connectivity index (χ3n) is 4.81. The number of rotatable bonds is 5. The van der Waals surface area contributed by atoms with Crippen molar-refractivity contribution in [3.05, 3.63) is 0 Å². The first-order valence-electron chi connectivity index (χ1n) is 7.24. The van der Waals surface area contributed by atoms with E-state index in [1.54, 1.807) is 0 Å². The lowest BCUT2D eigenvalue weighted by Crippen LogP contribution is -2.40. The number of nitrogens with one attached hydrogen (secondary N) is 1. The zero-order valence-corrected chi connectivity index (χ0v) is 11.2. The third kappa shape index (κ3) is 2.28. The summed E-state index contributed by atoms with van der Waals surface area (Å²) in [4.78, 5) is 2.81. The van der Waals surface area contributed by atoms with Crippen molar-refractivity contribution in [1.29, 1.82) is 0 Å². The summed E-state index contributed by atoms with van der Waals surface area (Å²) in [6.45, 7) is 11.0. The summed E-state index contributed by atoms with van der Waals surface area (Å²) in [5.74, 6) is 1.86. The van der Waals surface area contributed by atoms with Gasteiger partial charge in [-0.25, -0.2) is 0 Å².